The summed E-state index contributed by atoms with van der Waals surface area (Å²) in [6.45, 7) is 3.28. The summed E-state index contributed by atoms with van der Waals surface area (Å²) in [7, 11) is 0. The zero-order chi connectivity index (χ0) is 18.1. The Morgan fingerprint density at radius 3 is 2.48 bits per heavy atom. The molecule has 0 unspecified atom stereocenters. The quantitative estimate of drug-likeness (QED) is 0.724. The Bertz CT molecular complexity index is 569. The molecule has 1 heterocycles. The maximum Gasteiger partial charge on any atom is 0.256 e. The van der Waals surface area contributed by atoms with E-state index in [2.05, 4.69) is 12.2 Å². The Morgan fingerprint density at radius 2 is 1.80 bits per heavy atom. The Balaban J connectivity index is 1.70. The lowest BCUT2D eigenvalue weighted by molar-refractivity contribution is -0.122. The molecule has 4 nitrogen and oxygen atoms in total. The van der Waals surface area contributed by atoms with Gasteiger partial charge in [0.15, 0.2) is 0 Å². The Kier molecular flexibility index (Phi) is 7.89. The van der Waals surface area contributed by atoms with E-state index < -0.39 is 5.82 Å². The third-order valence-corrected chi connectivity index (χ3v) is 4.76. The van der Waals surface area contributed by atoms with Crippen LogP contribution in [0.15, 0.2) is 24.3 Å². The second kappa shape index (κ2) is 10.2. The number of unbranched alkanes of at least 4 members (excludes halogenated alkanes) is 4. The van der Waals surface area contributed by atoms with E-state index in [1.807, 2.05) is 0 Å². The van der Waals surface area contributed by atoms with Crippen molar-refractivity contribution in [3.63, 3.8) is 0 Å². The van der Waals surface area contributed by atoms with Gasteiger partial charge < -0.3 is 10.2 Å². The smallest absolute Gasteiger partial charge is 0.256 e. The van der Waals surface area contributed by atoms with Gasteiger partial charge in [0.25, 0.3) is 5.91 Å². The van der Waals surface area contributed by atoms with Crippen LogP contribution < -0.4 is 5.32 Å². The fourth-order valence-corrected chi connectivity index (χ4v) is 3.22. The number of piperidine rings is 1. The molecule has 138 valence electrons. The molecule has 1 aliphatic heterocycles. The van der Waals surface area contributed by atoms with E-state index in [4.69, 9.17) is 0 Å². The van der Waals surface area contributed by atoms with Crippen LogP contribution in [-0.4, -0.2) is 35.8 Å². The Labute approximate surface area is 149 Å². The van der Waals surface area contributed by atoms with Crippen LogP contribution in [0.1, 0.15) is 68.6 Å². The molecule has 0 spiro atoms. The van der Waals surface area contributed by atoms with Gasteiger partial charge in [0.1, 0.15) is 5.82 Å². The lowest BCUT2D eigenvalue weighted by atomic mass is 10.0. The third kappa shape index (κ3) is 6.15. The summed E-state index contributed by atoms with van der Waals surface area (Å²) < 4.78 is 13.7. The number of nitrogens with zero attached hydrogens (tertiary/aromatic N) is 1. The number of rotatable bonds is 8. The minimum Gasteiger partial charge on any atom is -0.353 e. The van der Waals surface area contributed by atoms with Crippen molar-refractivity contribution < 1.29 is 14.0 Å². The average molecular weight is 348 g/mol. The van der Waals surface area contributed by atoms with Crippen LogP contribution in [-0.2, 0) is 4.79 Å². The summed E-state index contributed by atoms with van der Waals surface area (Å²) in [6, 6.07) is 6.19. The molecular weight excluding hydrogens is 319 g/mol. The molecule has 1 aromatic rings. The number of carbonyl (C=O) groups excluding carboxylic acids is 2. The van der Waals surface area contributed by atoms with Crippen molar-refractivity contribution in [1.82, 2.24) is 10.2 Å². The third-order valence-electron chi connectivity index (χ3n) is 4.76. The largest absolute Gasteiger partial charge is 0.353 e. The van der Waals surface area contributed by atoms with E-state index >= 15 is 0 Å². The van der Waals surface area contributed by atoms with Crippen molar-refractivity contribution in [2.24, 2.45) is 0 Å². The zero-order valence-corrected chi connectivity index (χ0v) is 15.1. The van der Waals surface area contributed by atoms with E-state index in [-0.39, 0.29) is 23.4 Å². The van der Waals surface area contributed by atoms with Crippen molar-refractivity contribution >= 4 is 11.8 Å². The van der Waals surface area contributed by atoms with Crippen LogP contribution in [0.3, 0.4) is 0 Å². The van der Waals surface area contributed by atoms with Crippen LogP contribution in [0.25, 0.3) is 0 Å². The molecule has 0 radical (unpaired) electrons. The molecule has 25 heavy (non-hydrogen) atoms. The van der Waals surface area contributed by atoms with Gasteiger partial charge in [0.2, 0.25) is 5.91 Å². The second-order valence-corrected chi connectivity index (χ2v) is 6.78. The predicted octanol–water partition coefficient (Wildman–Crippen LogP) is 3.91. The highest BCUT2D eigenvalue weighted by atomic mass is 19.1. The number of halogens is 1. The van der Waals surface area contributed by atoms with Crippen LogP contribution >= 0.6 is 0 Å². The number of nitrogens with one attached hydrogen (secondary N) is 1. The van der Waals surface area contributed by atoms with Gasteiger partial charge in [-0.25, -0.2) is 4.39 Å². The summed E-state index contributed by atoms with van der Waals surface area (Å²) in [5.74, 6) is -0.639. The summed E-state index contributed by atoms with van der Waals surface area (Å²) in [5.41, 5.74) is 0.122. The molecule has 2 rings (SSSR count). The maximum absolute atomic E-state index is 13.7. The Hall–Kier alpha value is -1.91. The summed E-state index contributed by atoms with van der Waals surface area (Å²) >= 11 is 0. The van der Waals surface area contributed by atoms with E-state index in [0.29, 0.717) is 19.5 Å². The summed E-state index contributed by atoms with van der Waals surface area (Å²) in [6.07, 6.45) is 7.71. The van der Waals surface area contributed by atoms with Gasteiger partial charge >= 0.3 is 0 Å². The van der Waals surface area contributed by atoms with Gasteiger partial charge in [-0.15, -0.1) is 0 Å². The monoisotopic (exact) mass is 348 g/mol. The van der Waals surface area contributed by atoms with Crippen molar-refractivity contribution in [2.45, 2.75) is 64.3 Å². The fourth-order valence-electron chi connectivity index (χ4n) is 3.22. The first-order valence-electron chi connectivity index (χ1n) is 9.45. The number of amides is 2. The molecule has 2 amide bonds. The van der Waals surface area contributed by atoms with Gasteiger partial charge in [0, 0.05) is 25.6 Å². The molecule has 0 aromatic heterocycles. The van der Waals surface area contributed by atoms with E-state index in [1.165, 1.54) is 31.4 Å². The highest BCUT2D eigenvalue weighted by molar-refractivity contribution is 5.94. The average Bonchev–Trinajstić information content (AvgIpc) is 2.62. The minimum absolute atomic E-state index is 0.107. The fraction of sp³-hybridized carbons (Fsp3) is 0.600. The molecule has 1 aromatic carbocycles. The number of carbonyl (C=O) groups is 2. The molecule has 1 aliphatic rings. The molecule has 0 aliphatic carbocycles. The van der Waals surface area contributed by atoms with Gasteiger partial charge in [-0.05, 0) is 31.4 Å². The maximum atomic E-state index is 13.7. The van der Waals surface area contributed by atoms with Gasteiger partial charge in [-0.1, -0.05) is 44.7 Å². The summed E-state index contributed by atoms with van der Waals surface area (Å²) in [5, 5.41) is 3.07. The van der Waals surface area contributed by atoms with Gasteiger partial charge in [-0.2, -0.15) is 0 Å². The highest BCUT2D eigenvalue weighted by Gasteiger charge is 2.25. The molecule has 0 bridgehead atoms. The predicted molar refractivity (Wildman–Crippen MR) is 96.8 cm³/mol. The molecule has 0 atom stereocenters. The molecule has 1 N–H and O–H groups in total. The number of hydrogen-bond donors (Lipinski definition) is 1. The number of benzene rings is 1. The molecular formula is C20H29FN2O2. The van der Waals surface area contributed by atoms with E-state index in [9.17, 15) is 14.0 Å². The second-order valence-electron chi connectivity index (χ2n) is 6.78. The first-order valence-corrected chi connectivity index (χ1v) is 9.45. The first kappa shape index (κ1) is 19.4. The molecule has 5 heteroatoms. The zero-order valence-electron chi connectivity index (χ0n) is 15.1. The number of hydrogen-bond acceptors (Lipinski definition) is 2. The van der Waals surface area contributed by atoms with Crippen molar-refractivity contribution in [1.29, 1.82) is 0 Å². The molecule has 1 saturated heterocycles. The van der Waals surface area contributed by atoms with Crippen LogP contribution in [0.4, 0.5) is 4.39 Å². The standard InChI is InChI=1S/C20H29FN2O2/c1-2-3-4-5-6-11-19(24)22-16-12-14-23(15-13-16)20(25)17-9-7-8-10-18(17)21/h7-10,16H,2-6,11-15H2,1H3,(H,22,24). The van der Waals surface area contributed by atoms with Gasteiger partial charge in [0.05, 0.1) is 5.56 Å². The van der Waals surface area contributed by atoms with Crippen molar-refractivity contribution in [3.8, 4) is 0 Å². The molecule has 1 fully saturated rings. The lowest BCUT2D eigenvalue weighted by Crippen LogP contribution is -2.46. The SMILES string of the molecule is CCCCCCCC(=O)NC1CCN(C(=O)c2ccccc2F)CC1. The van der Waals surface area contributed by atoms with Crippen molar-refractivity contribution in [2.75, 3.05) is 13.1 Å². The van der Waals surface area contributed by atoms with E-state index in [1.54, 1.807) is 17.0 Å². The topological polar surface area (TPSA) is 49.4 Å². The van der Waals surface area contributed by atoms with Crippen LogP contribution in [0.2, 0.25) is 0 Å². The summed E-state index contributed by atoms with van der Waals surface area (Å²) in [4.78, 5) is 26.0. The van der Waals surface area contributed by atoms with Gasteiger partial charge in [-0.3, -0.25) is 9.59 Å². The highest BCUT2D eigenvalue weighted by Crippen LogP contribution is 2.16. The first-order chi connectivity index (χ1) is 12.1. The van der Waals surface area contributed by atoms with Crippen LogP contribution in [0.5, 0.6) is 0 Å². The Morgan fingerprint density at radius 1 is 1.12 bits per heavy atom. The van der Waals surface area contributed by atoms with Crippen LogP contribution in [0, 0.1) is 5.82 Å². The lowest BCUT2D eigenvalue weighted by Gasteiger charge is -2.32. The normalized spacial score (nSPS) is 15.2. The minimum atomic E-state index is -0.481. The number of likely N-dealkylation sites (tertiary alicyclic amines) is 1. The molecule has 0 saturated carbocycles. The van der Waals surface area contributed by atoms with Crippen molar-refractivity contribution in [3.05, 3.63) is 35.6 Å². The van der Waals surface area contributed by atoms with E-state index in [0.717, 1.165) is 25.7 Å².